The highest BCUT2D eigenvalue weighted by Gasteiger charge is 2.31. The molecular formula is C28H14O4S. The zero-order valence-electron chi connectivity index (χ0n) is 17.1. The molecule has 0 radical (unpaired) electrons. The fraction of sp³-hybridized carbons (Fsp3) is 0. The van der Waals surface area contributed by atoms with Crippen molar-refractivity contribution in [1.29, 1.82) is 0 Å². The second-order valence-corrected chi connectivity index (χ2v) is 9.07. The van der Waals surface area contributed by atoms with Crippen LogP contribution >= 0.6 is 11.8 Å². The van der Waals surface area contributed by atoms with Gasteiger partial charge in [0.15, 0.2) is 23.1 Å². The van der Waals surface area contributed by atoms with Crippen molar-refractivity contribution in [3.05, 3.63) is 129 Å². The molecule has 0 unspecified atom stereocenters. The average Bonchev–Trinajstić information content (AvgIpc) is 2.86. The Bertz CT molecular complexity index is 1450. The molecule has 0 N–H and O–H groups in total. The highest BCUT2D eigenvalue weighted by molar-refractivity contribution is 7.99. The van der Waals surface area contributed by atoms with E-state index in [-0.39, 0.29) is 23.1 Å². The highest BCUT2D eigenvalue weighted by atomic mass is 32.2. The predicted octanol–water partition coefficient (Wildman–Crippen LogP) is 5.39. The normalized spacial score (nSPS) is 13.8. The van der Waals surface area contributed by atoms with Crippen molar-refractivity contribution in [2.45, 2.75) is 9.79 Å². The first-order chi connectivity index (χ1) is 16.0. The fourth-order valence-electron chi connectivity index (χ4n) is 4.42. The van der Waals surface area contributed by atoms with Crippen LogP contribution in [0.1, 0.15) is 63.7 Å². The van der Waals surface area contributed by atoms with Crippen molar-refractivity contribution in [3.8, 4) is 0 Å². The Kier molecular flexibility index (Phi) is 4.28. The van der Waals surface area contributed by atoms with Crippen molar-refractivity contribution >= 4 is 34.9 Å². The minimum atomic E-state index is -0.175. The number of benzene rings is 4. The lowest BCUT2D eigenvalue weighted by molar-refractivity contribution is 0.0979. The molecule has 33 heavy (non-hydrogen) atoms. The van der Waals surface area contributed by atoms with Gasteiger partial charge in [-0.3, -0.25) is 19.2 Å². The first-order valence-electron chi connectivity index (χ1n) is 10.4. The summed E-state index contributed by atoms with van der Waals surface area (Å²) in [4.78, 5) is 53.2. The van der Waals surface area contributed by atoms with Crippen molar-refractivity contribution in [1.82, 2.24) is 0 Å². The van der Waals surface area contributed by atoms with Gasteiger partial charge in [0.2, 0.25) is 0 Å². The Labute approximate surface area is 193 Å². The minimum absolute atomic E-state index is 0.159. The Morgan fingerprint density at radius 1 is 0.364 bits per heavy atom. The molecule has 0 bridgehead atoms. The van der Waals surface area contributed by atoms with Crippen molar-refractivity contribution in [2.24, 2.45) is 0 Å². The van der Waals surface area contributed by atoms with E-state index in [1.165, 1.54) is 11.8 Å². The fourth-order valence-corrected chi connectivity index (χ4v) is 5.32. The summed E-state index contributed by atoms with van der Waals surface area (Å²) in [6, 6.07) is 24.1. The molecule has 2 aliphatic rings. The molecule has 0 amide bonds. The molecule has 156 valence electrons. The van der Waals surface area contributed by atoms with E-state index >= 15 is 0 Å². The summed E-state index contributed by atoms with van der Waals surface area (Å²) in [7, 11) is 0. The number of fused-ring (bicyclic) bond motifs is 4. The first-order valence-corrected chi connectivity index (χ1v) is 11.2. The summed E-state index contributed by atoms with van der Waals surface area (Å²) < 4.78 is 0. The van der Waals surface area contributed by atoms with E-state index in [4.69, 9.17) is 0 Å². The van der Waals surface area contributed by atoms with Gasteiger partial charge >= 0.3 is 0 Å². The number of carbonyl (C=O) groups excluding carboxylic acids is 4. The standard InChI is InChI=1S/C28H14O4S/c29-25-17-5-1-3-7-19(17)27(31)23-13-15(9-11-21(23)25)33-16-10-12-22-24(14-16)28(32)20-8-4-2-6-18(20)26(22)30/h1-14H. The summed E-state index contributed by atoms with van der Waals surface area (Å²) in [6.07, 6.45) is 0. The third kappa shape index (κ3) is 2.93. The lowest BCUT2D eigenvalue weighted by atomic mass is 9.84. The third-order valence-corrected chi connectivity index (χ3v) is 7.01. The van der Waals surface area contributed by atoms with E-state index in [0.717, 1.165) is 9.79 Å². The number of hydrogen-bond acceptors (Lipinski definition) is 5. The Balaban J connectivity index is 1.36. The van der Waals surface area contributed by atoms with Gasteiger partial charge in [0.05, 0.1) is 0 Å². The first kappa shape index (κ1) is 19.6. The quantitative estimate of drug-likeness (QED) is 0.357. The molecule has 0 aromatic heterocycles. The molecule has 0 spiro atoms. The summed E-state index contributed by atoms with van der Waals surface area (Å²) in [5.74, 6) is -0.669. The van der Waals surface area contributed by atoms with Gasteiger partial charge in [-0.25, -0.2) is 0 Å². The van der Waals surface area contributed by atoms with Gasteiger partial charge in [-0.05, 0) is 36.4 Å². The van der Waals surface area contributed by atoms with Crippen LogP contribution < -0.4 is 0 Å². The summed E-state index contributed by atoms with van der Waals surface area (Å²) in [5.41, 5.74) is 3.21. The highest BCUT2D eigenvalue weighted by Crippen LogP contribution is 2.36. The van der Waals surface area contributed by atoms with Crippen LogP contribution in [0.2, 0.25) is 0 Å². The van der Waals surface area contributed by atoms with E-state index in [2.05, 4.69) is 0 Å². The molecule has 5 heteroatoms. The van der Waals surface area contributed by atoms with Crippen LogP contribution in [0.4, 0.5) is 0 Å². The molecular weight excluding hydrogens is 432 g/mol. The predicted molar refractivity (Wildman–Crippen MR) is 124 cm³/mol. The van der Waals surface area contributed by atoms with Crippen LogP contribution in [-0.4, -0.2) is 23.1 Å². The maximum absolute atomic E-state index is 13.0. The monoisotopic (exact) mass is 446 g/mol. The minimum Gasteiger partial charge on any atom is -0.289 e. The lowest BCUT2D eigenvalue weighted by Gasteiger charge is -2.19. The Hall–Kier alpha value is -4.09. The van der Waals surface area contributed by atoms with Gasteiger partial charge in [-0.15, -0.1) is 0 Å². The van der Waals surface area contributed by atoms with Crippen LogP contribution in [0, 0.1) is 0 Å². The number of rotatable bonds is 2. The van der Waals surface area contributed by atoms with Crippen molar-refractivity contribution in [3.63, 3.8) is 0 Å². The van der Waals surface area contributed by atoms with E-state index in [9.17, 15) is 19.2 Å². The molecule has 6 rings (SSSR count). The molecule has 2 aliphatic carbocycles. The SMILES string of the molecule is O=C1c2ccccc2C(=O)c2cc(Sc3ccc4c(c3)C(=O)c3ccccc3C4=O)ccc21. The Morgan fingerprint density at radius 3 is 1.03 bits per heavy atom. The van der Waals surface area contributed by atoms with Gasteiger partial charge < -0.3 is 0 Å². The zero-order valence-corrected chi connectivity index (χ0v) is 17.9. The number of carbonyl (C=O) groups is 4. The molecule has 0 saturated carbocycles. The van der Waals surface area contributed by atoms with E-state index < -0.39 is 0 Å². The average molecular weight is 446 g/mol. The molecule has 4 nitrogen and oxygen atoms in total. The zero-order chi connectivity index (χ0) is 22.7. The second kappa shape index (κ2) is 7.22. The van der Waals surface area contributed by atoms with Crippen LogP contribution in [0.25, 0.3) is 0 Å². The van der Waals surface area contributed by atoms with Gasteiger partial charge in [0, 0.05) is 54.3 Å². The van der Waals surface area contributed by atoms with Gasteiger partial charge in [-0.1, -0.05) is 60.3 Å². The van der Waals surface area contributed by atoms with Gasteiger partial charge in [0.1, 0.15) is 0 Å². The molecule has 0 heterocycles. The Morgan fingerprint density at radius 2 is 0.667 bits per heavy atom. The maximum atomic E-state index is 13.0. The van der Waals surface area contributed by atoms with Crippen LogP contribution in [0.5, 0.6) is 0 Å². The molecule has 4 aromatic rings. The largest absolute Gasteiger partial charge is 0.289 e. The van der Waals surface area contributed by atoms with E-state index in [1.807, 2.05) is 0 Å². The van der Waals surface area contributed by atoms with Crippen molar-refractivity contribution < 1.29 is 19.2 Å². The van der Waals surface area contributed by atoms with Crippen LogP contribution in [0.3, 0.4) is 0 Å². The van der Waals surface area contributed by atoms with Crippen LogP contribution in [-0.2, 0) is 0 Å². The van der Waals surface area contributed by atoms with Gasteiger partial charge in [-0.2, -0.15) is 0 Å². The number of hydrogen-bond donors (Lipinski definition) is 0. The third-order valence-electron chi connectivity index (χ3n) is 6.03. The second-order valence-electron chi connectivity index (χ2n) is 7.92. The van der Waals surface area contributed by atoms with Crippen LogP contribution in [0.15, 0.2) is 94.7 Å². The summed E-state index contributed by atoms with van der Waals surface area (Å²) in [5, 5.41) is 0. The molecule has 0 saturated heterocycles. The van der Waals surface area contributed by atoms with E-state index in [0.29, 0.717) is 44.5 Å². The molecule has 0 aliphatic heterocycles. The smallest absolute Gasteiger partial charge is 0.194 e. The molecule has 0 fully saturated rings. The lowest BCUT2D eigenvalue weighted by Crippen LogP contribution is -2.21. The van der Waals surface area contributed by atoms with Gasteiger partial charge in [0.25, 0.3) is 0 Å². The van der Waals surface area contributed by atoms with Crippen molar-refractivity contribution in [2.75, 3.05) is 0 Å². The summed E-state index contributed by atoms with van der Waals surface area (Å²) in [6.45, 7) is 0. The topological polar surface area (TPSA) is 68.3 Å². The summed E-state index contributed by atoms with van der Waals surface area (Å²) >= 11 is 1.38. The molecule has 0 atom stereocenters. The molecule has 4 aromatic carbocycles. The number of ketones is 4. The maximum Gasteiger partial charge on any atom is 0.194 e. The van der Waals surface area contributed by atoms with E-state index in [1.54, 1.807) is 84.9 Å².